The van der Waals surface area contributed by atoms with Crippen LogP contribution in [0.3, 0.4) is 0 Å². The van der Waals surface area contributed by atoms with Crippen molar-refractivity contribution in [1.82, 2.24) is 14.9 Å². The summed E-state index contributed by atoms with van der Waals surface area (Å²) in [4.78, 5) is 30.8. The summed E-state index contributed by atoms with van der Waals surface area (Å²) in [5.74, 6) is -0.391. The first-order chi connectivity index (χ1) is 7.65. The maximum atomic E-state index is 11.6. The van der Waals surface area contributed by atoms with Gasteiger partial charge in [-0.15, -0.1) is 6.58 Å². The summed E-state index contributed by atoms with van der Waals surface area (Å²) in [6, 6.07) is 0. The van der Waals surface area contributed by atoms with Crippen LogP contribution in [0.1, 0.15) is 10.5 Å². The maximum Gasteiger partial charge on any atom is 0.407 e. The molecule has 0 saturated heterocycles. The van der Waals surface area contributed by atoms with Crippen molar-refractivity contribution in [2.75, 3.05) is 13.1 Å². The summed E-state index contributed by atoms with van der Waals surface area (Å²) in [6.07, 6.45) is 4.37. The number of carbonyl (C=O) groups excluding carboxylic acids is 1. The van der Waals surface area contributed by atoms with Gasteiger partial charge in [0.15, 0.2) is 0 Å². The lowest BCUT2D eigenvalue weighted by atomic mass is 10.3. The van der Waals surface area contributed by atoms with E-state index in [1.165, 1.54) is 24.7 Å². The number of amides is 1. The lowest BCUT2D eigenvalue weighted by Crippen LogP contribution is -2.34. The number of Topliss-reactive ketones (excluding diaryl/α,β-unsaturated/α-hetero) is 1. The average Bonchev–Trinajstić information content (AvgIpc) is 2.29. The molecule has 1 N–H and O–H groups in total. The van der Waals surface area contributed by atoms with Gasteiger partial charge in [-0.05, 0) is 0 Å². The van der Waals surface area contributed by atoms with Crippen LogP contribution < -0.4 is 0 Å². The van der Waals surface area contributed by atoms with Gasteiger partial charge >= 0.3 is 6.09 Å². The van der Waals surface area contributed by atoms with Crippen molar-refractivity contribution in [3.8, 4) is 0 Å². The molecule has 1 aromatic heterocycles. The van der Waals surface area contributed by atoms with Crippen LogP contribution in [0.5, 0.6) is 0 Å². The van der Waals surface area contributed by atoms with Crippen molar-refractivity contribution >= 4 is 11.9 Å². The smallest absolute Gasteiger partial charge is 0.407 e. The van der Waals surface area contributed by atoms with E-state index in [2.05, 4.69) is 16.5 Å². The number of carboxylic acid groups (broad SMARTS) is 1. The minimum atomic E-state index is -1.17. The van der Waals surface area contributed by atoms with Crippen molar-refractivity contribution < 1.29 is 14.7 Å². The number of aromatic nitrogens is 2. The molecule has 1 aromatic rings. The fourth-order valence-electron chi connectivity index (χ4n) is 1.06. The zero-order valence-electron chi connectivity index (χ0n) is 8.54. The highest BCUT2D eigenvalue weighted by molar-refractivity contribution is 5.96. The number of hydrogen-bond acceptors (Lipinski definition) is 4. The van der Waals surface area contributed by atoms with Gasteiger partial charge in [0.2, 0.25) is 5.78 Å². The van der Waals surface area contributed by atoms with Gasteiger partial charge < -0.3 is 5.11 Å². The normalized spacial score (nSPS) is 9.50. The third-order valence-electron chi connectivity index (χ3n) is 1.80. The molecule has 0 saturated carbocycles. The largest absolute Gasteiger partial charge is 0.465 e. The van der Waals surface area contributed by atoms with E-state index in [0.717, 1.165) is 4.90 Å². The standard InChI is InChI=1S/C10H11N3O3/c1-2-5-13(10(15)16)7-9(14)8-6-11-3-4-12-8/h2-4,6H,1,5,7H2,(H,15,16). The number of rotatable bonds is 5. The zero-order valence-corrected chi connectivity index (χ0v) is 8.54. The van der Waals surface area contributed by atoms with E-state index in [1.807, 2.05) is 0 Å². The van der Waals surface area contributed by atoms with Crippen molar-refractivity contribution in [2.24, 2.45) is 0 Å². The van der Waals surface area contributed by atoms with Gasteiger partial charge in [-0.2, -0.15) is 0 Å². The molecule has 0 bridgehead atoms. The Morgan fingerprint density at radius 2 is 2.25 bits per heavy atom. The van der Waals surface area contributed by atoms with Crippen LogP contribution in [0.2, 0.25) is 0 Å². The first kappa shape index (κ1) is 11.8. The number of carbonyl (C=O) groups is 2. The molecular weight excluding hydrogens is 210 g/mol. The summed E-state index contributed by atoms with van der Waals surface area (Å²) in [5.41, 5.74) is 0.151. The molecule has 0 fully saturated rings. The SMILES string of the molecule is C=CCN(CC(=O)c1cnccn1)C(=O)O. The third-order valence-corrected chi connectivity index (χ3v) is 1.80. The molecule has 0 atom stereocenters. The monoisotopic (exact) mass is 221 g/mol. The van der Waals surface area contributed by atoms with Gasteiger partial charge in [-0.3, -0.25) is 14.7 Å². The van der Waals surface area contributed by atoms with Crippen LogP contribution in [-0.4, -0.2) is 44.9 Å². The molecule has 0 aliphatic heterocycles. The molecule has 1 heterocycles. The third kappa shape index (κ3) is 3.16. The molecule has 0 aromatic carbocycles. The average molecular weight is 221 g/mol. The van der Waals surface area contributed by atoms with Gasteiger partial charge in [-0.1, -0.05) is 6.08 Å². The van der Waals surface area contributed by atoms with Crippen molar-refractivity contribution in [3.63, 3.8) is 0 Å². The van der Waals surface area contributed by atoms with E-state index in [4.69, 9.17) is 5.11 Å². The molecule has 16 heavy (non-hydrogen) atoms. The van der Waals surface area contributed by atoms with E-state index >= 15 is 0 Å². The molecule has 6 nitrogen and oxygen atoms in total. The van der Waals surface area contributed by atoms with Crippen LogP contribution in [-0.2, 0) is 0 Å². The molecule has 0 aliphatic rings. The minimum absolute atomic E-state index is 0.0985. The van der Waals surface area contributed by atoms with Gasteiger partial charge in [0.05, 0.1) is 12.7 Å². The highest BCUT2D eigenvalue weighted by Crippen LogP contribution is 1.97. The lowest BCUT2D eigenvalue weighted by molar-refractivity contribution is 0.0913. The Balaban J connectivity index is 2.69. The van der Waals surface area contributed by atoms with E-state index in [1.54, 1.807) is 0 Å². The van der Waals surface area contributed by atoms with Gasteiger partial charge in [-0.25, -0.2) is 9.78 Å². The predicted molar refractivity (Wildman–Crippen MR) is 56.2 cm³/mol. The van der Waals surface area contributed by atoms with Crippen LogP contribution >= 0.6 is 0 Å². The molecule has 0 radical (unpaired) electrons. The number of hydrogen-bond donors (Lipinski definition) is 1. The van der Waals surface area contributed by atoms with Crippen LogP contribution in [0.15, 0.2) is 31.2 Å². The molecule has 84 valence electrons. The van der Waals surface area contributed by atoms with E-state index in [-0.39, 0.29) is 18.8 Å². The zero-order chi connectivity index (χ0) is 12.0. The second-order valence-electron chi connectivity index (χ2n) is 2.97. The minimum Gasteiger partial charge on any atom is -0.465 e. The van der Waals surface area contributed by atoms with E-state index in [9.17, 15) is 9.59 Å². The lowest BCUT2D eigenvalue weighted by Gasteiger charge is -2.15. The molecule has 0 unspecified atom stereocenters. The first-order valence-corrected chi connectivity index (χ1v) is 4.53. The van der Waals surface area contributed by atoms with Gasteiger partial charge in [0, 0.05) is 18.9 Å². The Kier molecular flexibility index (Phi) is 4.14. The quantitative estimate of drug-likeness (QED) is 0.588. The Hall–Kier alpha value is -2.24. The topological polar surface area (TPSA) is 83.4 Å². The fraction of sp³-hybridized carbons (Fsp3) is 0.200. The van der Waals surface area contributed by atoms with E-state index < -0.39 is 11.9 Å². The summed E-state index contributed by atoms with van der Waals surface area (Å²) < 4.78 is 0. The summed E-state index contributed by atoms with van der Waals surface area (Å²) >= 11 is 0. The Morgan fingerprint density at radius 3 is 2.75 bits per heavy atom. The van der Waals surface area contributed by atoms with Crippen molar-refractivity contribution in [3.05, 3.63) is 36.9 Å². The van der Waals surface area contributed by atoms with Gasteiger partial charge in [0.25, 0.3) is 0 Å². The molecular formula is C10H11N3O3. The molecule has 0 spiro atoms. The van der Waals surface area contributed by atoms with Crippen molar-refractivity contribution in [1.29, 1.82) is 0 Å². The summed E-state index contributed by atoms with van der Waals surface area (Å²) in [6.45, 7) is 3.27. The Labute approximate surface area is 92.2 Å². The Morgan fingerprint density at radius 1 is 1.50 bits per heavy atom. The molecule has 1 rings (SSSR count). The van der Waals surface area contributed by atoms with E-state index in [0.29, 0.717) is 0 Å². The van der Waals surface area contributed by atoms with Crippen LogP contribution in [0.4, 0.5) is 4.79 Å². The summed E-state index contributed by atoms with van der Waals surface area (Å²) in [7, 11) is 0. The number of ketones is 1. The second kappa shape index (κ2) is 5.59. The van der Waals surface area contributed by atoms with Crippen LogP contribution in [0, 0.1) is 0 Å². The molecule has 0 aliphatic carbocycles. The molecule has 1 amide bonds. The van der Waals surface area contributed by atoms with Crippen LogP contribution in [0.25, 0.3) is 0 Å². The predicted octanol–water partition coefficient (Wildman–Crippen LogP) is 0.825. The summed E-state index contributed by atoms with van der Waals surface area (Å²) in [5, 5.41) is 8.79. The highest BCUT2D eigenvalue weighted by Gasteiger charge is 2.16. The number of nitrogens with zero attached hydrogens (tertiary/aromatic N) is 3. The van der Waals surface area contributed by atoms with Crippen molar-refractivity contribution in [2.45, 2.75) is 0 Å². The molecule has 6 heteroatoms. The fourth-order valence-corrected chi connectivity index (χ4v) is 1.06. The Bertz CT molecular complexity index is 392. The highest BCUT2D eigenvalue weighted by atomic mass is 16.4. The van der Waals surface area contributed by atoms with Gasteiger partial charge in [0.1, 0.15) is 5.69 Å². The second-order valence-corrected chi connectivity index (χ2v) is 2.97. The maximum absolute atomic E-state index is 11.6. The first-order valence-electron chi connectivity index (χ1n) is 4.53.